The van der Waals surface area contributed by atoms with Gasteiger partial charge in [-0.2, -0.15) is 0 Å². The van der Waals surface area contributed by atoms with Crippen molar-refractivity contribution in [2.24, 2.45) is 0 Å². The minimum atomic E-state index is -3.82. The number of amides is 1. The van der Waals surface area contributed by atoms with Crippen LogP contribution in [0.4, 0.5) is 14.5 Å². The van der Waals surface area contributed by atoms with Crippen LogP contribution in [-0.4, -0.2) is 32.8 Å². The number of benzene rings is 2. The van der Waals surface area contributed by atoms with Crippen LogP contribution in [0.5, 0.6) is 0 Å². The lowest BCUT2D eigenvalue weighted by Gasteiger charge is -2.15. The van der Waals surface area contributed by atoms with Gasteiger partial charge in [-0.3, -0.25) is 9.52 Å². The van der Waals surface area contributed by atoms with E-state index in [1.807, 2.05) is 0 Å². The highest BCUT2D eigenvalue weighted by molar-refractivity contribution is 9.10. The molecule has 2 N–H and O–H groups in total. The van der Waals surface area contributed by atoms with Crippen LogP contribution in [0.1, 0.15) is 30.6 Å². The van der Waals surface area contributed by atoms with Crippen molar-refractivity contribution in [2.45, 2.75) is 25.9 Å². The molecule has 0 saturated heterocycles. The van der Waals surface area contributed by atoms with Gasteiger partial charge in [-0.15, -0.1) is 0 Å². The van der Waals surface area contributed by atoms with E-state index in [-0.39, 0.29) is 29.0 Å². The first kappa shape index (κ1) is 23.2. The van der Waals surface area contributed by atoms with Gasteiger partial charge in [0, 0.05) is 28.5 Å². The van der Waals surface area contributed by atoms with E-state index < -0.39 is 33.2 Å². The molecule has 6 nitrogen and oxygen atoms in total. The predicted octanol–water partition coefficient (Wildman–Crippen LogP) is 5.24. The highest BCUT2D eigenvalue weighted by Gasteiger charge is 2.25. The van der Waals surface area contributed by atoms with E-state index in [1.165, 1.54) is 51.2 Å². The molecule has 0 aliphatic heterocycles. The molecule has 3 rings (SSSR count). The number of sulfonamides is 1. The second kappa shape index (κ2) is 8.58. The smallest absolute Gasteiger partial charge is 0.255 e. The van der Waals surface area contributed by atoms with Gasteiger partial charge in [0.15, 0.2) is 0 Å². The van der Waals surface area contributed by atoms with Crippen LogP contribution in [-0.2, 0) is 10.0 Å². The van der Waals surface area contributed by atoms with Crippen LogP contribution in [0.3, 0.4) is 0 Å². The summed E-state index contributed by atoms with van der Waals surface area (Å²) in [6, 6.07) is 8.47. The number of carbonyl (C=O) groups is 1. The summed E-state index contributed by atoms with van der Waals surface area (Å²) in [5.74, 6) is -1.02. The zero-order valence-corrected chi connectivity index (χ0v) is 19.5. The fraction of sp³-hybridized carbons (Fsp3) is 0.286. The fourth-order valence-corrected chi connectivity index (χ4v) is 4.88. The number of nitrogens with one attached hydrogen (secondary N) is 2. The molecule has 0 unspecified atom stereocenters. The molecule has 3 aromatic rings. The van der Waals surface area contributed by atoms with Crippen molar-refractivity contribution in [3.8, 4) is 11.3 Å². The van der Waals surface area contributed by atoms with Crippen LogP contribution in [0.25, 0.3) is 22.3 Å². The van der Waals surface area contributed by atoms with E-state index in [2.05, 4.69) is 26.0 Å². The Balaban J connectivity index is 2.07. The van der Waals surface area contributed by atoms with Gasteiger partial charge in [-0.1, -0.05) is 0 Å². The maximum Gasteiger partial charge on any atom is 0.255 e. The van der Waals surface area contributed by atoms with E-state index in [9.17, 15) is 22.0 Å². The highest BCUT2D eigenvalue weighted by atomic mass is 79.9. The summed E-state index contributed by atoms with van der Waals surface area (Å²) in [7, 11) is -2.35. The number of anilines is 1. The average Bonchev–Trinajstić information content (AvgIpc) is 3.04. The molecule has 0 atom stereocenters. The van der Waals surface area contributed by atoms with Crippen LogP contribution in [0, 0.1) is 5.82 Å². The quantitative estimate of drug-likeness (QED) is 0.451. The Morgan fingerprint density at radius 3 is 2.42 bits per heavy atom. The number of carbonyl (C=O) groups excluding carboxylic acids is 1. The monoisotopic (exact) mass is 514 g/mol. The Bertz CT molecular complexity index is 1230. The Kier molecular flexibility index (Phi) is 6.43. The highest BCUT2D eigenvalue weighted by Crippen LogP contribution is 2.38. The van der Waals surface area contributed by atoms with Gasteiger partial charge in [-0.05, 0) is 66.5 Å². The Labute approximate surface area is 187 Å². The van der Waals surface area contributed by atoms with E-state index in [0.717, 1.165) is 0 Å². The van der Waals surface area contributed by atoms with Gasteiger partial charge in [-0.25, -0.2) is 17.2 Å². The molecule has 1 heterocycles. The van der Waals surface area contributed by atoms with Crippen molar-refractivity contribution in [3.05, 3.63) is 52.3 Å². The molecular formula is C21H21BrF2N2O4S. The number of alkyl halides is 1. The minimum absolute atomic E-state index is 0.168. The summed E-state index contributed by atoms with van der Waals surface area (Å²) in [6.45, 7) is 2.62. The standard InChI is InChI=1S/C21H21BrF2N2O4S/c1-21(2,24)8-9-31(28,29)26-16-11-17-14(10-15(16)22)18(20(27)25-3)19(30-17)12-4-6-13(23)7-5-12/h4-7,10-11,26H,8-9H2,1-3H3,(H,25,27). The SMILES string of the molecule is CNC(=O)c1c(-c2ccc(F)cc2)oc2cc(NS(=O)(=O)CCC(C)(C)F)c(Br)cc12. The van der Waals surface area contributed by atoms with E-state index in [0.29, 0.717) is 15.4 Å². The second-order valence-corrected chi connectivity index (χ2v) is 10.3. The van der Waals surface area contributed by atoms with Crippen molar-refractivity contribution < 1.29 is 26.4 Å². The Morgan fingerprint density at radius 2 is 1.84 bits per heavy atom. The molecule has 0 aliphatic rings. The summed E-state index contributed by atoms with van der Waals surface area (Å²) < 4.78 is 60.5. The average molecular weight is 515 g/mol. The van der Waals surface area contributed by atoms with Crippen molar-refractivity contribution in [1.29, 1.82) is 0 Å². The minimum Gasteiger partial charge on any atom is -0.455 e. The first-order valence-corrected chi connectivity index (χ1v) is 11.8. The zero-order valence-electron chi connectivity index (χ0n) is 17.1. The van der Waals surface area contributed by atoms with E-state index in [1.54, 1.807) is 6.07 Å². The number of rotatable bonds is 7. The molecule has 10 heteroatoms. The molecule has 0 saturated carbocycles. The Morgan fingerprint density at radius 1 is 1.19 bits per heavy atom. The lowest BCUT2D eigenvalue weighted by Crippen LogP contribution is -2.23. The lowest BCUT2D eigenvalue weighted by molar-refractivity contribution is 0.0964. The maximum atomic E-state index is 13.7. The van der Waals surface area contributed by atoms with E-state index in [4.69, 9.17) is 4.42 Å². The van der Waals surface area contributed by atoms with Crippen LogP contribution in [0.15, 0.2) is 45.3 Å². The summed E-state index contributed by atoms with van der Waals surface area (Å²) in [5.41, 5.74) is -0.460. The molecule has 1 amide bonds. The molecule has 31 heavy (non-hydrogen) atoms. The molecule has 0 radical (unpaired) electrons. The molecular weight excluding hydrogens is 494 g/mol. The molecule has 0 bridgehead atoms. The normalized spacial score (nSPS) is 12.2. The molecule has 0 fully saturated rings. The number of fused-ring (bicyclic) bond motifs is 1. The van der Waals surface area contributed by atoms with Gasteiger partial charge in [0.2, 0.25) is 10.0 Å². The fourth-order valence-electron chi connectivity index (χ4n) is 2.95. The third-order valence-corrected chi connectivity index (χ3v) is 6.50. The van der Waals surface area contributed by atoms with Crippen molar-refractivity contribution in [3.63, 3.8) is 0 Å². The first-order chi connectivity index (χ1) is 14.4. The molecule has 0 aliphatic carbocycles. The van der Waals surface area contributed by atoms with E-state index >= 15 is 0 Å². The predicted molar refractivity (Wildman–Crippen MR) is 120 cm³/mol. The molecule has 166 valence electrons. The number of hydrogen-bond acceptors (Lipinski definition) is 4. The largest absolute Gasteiger partial charge is 0.455 e. The van der Waals surface area contributed by atoms with Gasteiger partial charge in [0.25, 0.3) is 5.91 Å². The zero-order chi connectivity index (χ0) is 23.0. The lowest BCUT2D eigenvalue weighted by atomic mass is 10.0. The number of halogens is 3. The van der Waals surface area contributed by atoms with Gasteiger partial charge >= 0.3 is 0 Å². The second-order valence-electron chi connectivity index (χ2n) is 7.61. The summed E-state index contributed by atoms with van der Waals surface area (Å²) in [4.78, 5) is 12.5. The van der Waals surface area contributed by atoms with Crippen LogP contribution >= 0.6 is 15.9 Å². The van der Waals surface area contributed by atoms with Crippen molar-refractivity contribution >= 4 is 48.5 Å². The van der Waals surface area contributed by atoms with Crippen LogP contribution < -0.4 is 10.0 Å². The van der Waals surface area contributed by atoms with Gasteiger partial charge < -0.3 is 9.73 Å². The van der Waals surface area contributed by atoms with Crippen LogP contribution in [0.2, 0.25) is 0 Å². The van der Waals surface area contributed by atoms with Gasteiger partial charge in [0.05, 0.1) is 17.0 Å². The van der Waals surface area contributed by atoms with Crippen molar-refractivity contribution in [2.75, 3.05) is 17.5 Å². The first-order valence-electron chi connectivity index (χ1n) is 9.34. The third kappa shape index (κ3) is 5.43. The summed E-state index contributed by atoms with van der Waals surface area (Å²) in [5, 5.41) is 2.99. The number of furan rings is 1. The summed E-state index contributed by atoms with van der Waals surface area (Å²) in [6.07, 6.45) is -0.168. The van der Waals surface area contributed by atoms with Gasteiger partial charge in [0.1, 0.15) is 22.8 Å². The summed E-state index contributed by atoms with van der Waals surface area (Å²) >= 11 is 3.32. The third-order valence-electron chi connectivity index (χ3n) is 4.57. The van der Waals surface area contributed by atoms with Crippen molar-refractivity contribution in [1.82, 2.24) is 5.32 Å². The topological polar surface area (TPSA) is 88.4 Å². The Hall–Kier alpha value is -2.46. The number of hydrogen-bond donors (Lipinski definition) is 2. The molecule has 0 spiro atoms. The molecule has 1 aromatic heterocycles. The maximum absolute atomic E-state index is 13.7. The molecule has 2 aromatic carbocycles.